The molecule has 6 N–H and O–H groups in total. The molecule has 9 rings (SSSR count). The highest BCUT2D eigenvalue weighted by Gasteiger charge is 2.66. The Kier molecular flexibility index (Phi) is 23.4. The molecular weight excluding hydrogens is 1180 g/mol. The quantitative estimate of drug-likeness (QED) is 0.0550. The number of aliphatic hydroxyl groups excluding tert-OH is 5. The molecule has 90 heavy (non-hydrogen) atoms. The van der Waals surface area contributed by atoms with E-state index in [1.165, 1.54) is 27.0 Å². The fraction of sp³-hybridized carbons (Fsp3) is 0.785. The van der Waals surface area contributed by atoms with E-state index >= 15 is 0 Å². The summed E-state index contributed by atoms with van der Waals surface area (Å²) in [7, 11) is 4.65. The Morgan fingerprint density at radius 3 is 1.76 bits per heavy atom. The molecule has 5 saturated heterocycles. The Bertz CT molecular complexity index is 2630. The number of carbonyl (C=O) groups excluding carboxylic acids is 4. The zero-order chi connectivity index (χ0) is 65.1. The topological polar surface area (TPSA) is 328 Å². The van der Waals surface area contributed by atoms with Gasteiger partial charge in [0.15, 0.2) is 31.5 Å². The molecule has 0 bridgehead atoms. The van der Waals surface area contributed by atoms with E-state index in [0.29, 0.717) is 19.3 Å². The second kappa shape index (κ2) is 29.9. The van der Waals surface area contributed by atoms with Gasteiger partial charge >= 0.3 is 11.9 Å². The number of ether oxygens (including phenoxy) is 15. The van der Waals surface area contributed by atoms with Crippen molar-refractivity contribution in [1.82, 2.24) is 0 Å². The molecule has 3 aliphatic carbocycles. The van der Waals surface area contributed by atoms with Crippen molar-refractivity contribution in [1.29, 1.82) is 0 Å². The average Bonchev–Trinajstić information content (AvgIpc) is 1.47. The molecule has 7 fully saturated rings. The lowest BCUT2D eigenvalue weighted by atomic mass is 9.56. The lowest BCUT2D eigenvalue weighted by molar-refractivity contribution is -0.358. The van der Waals surface area contributed by atoms with Gasteiger partial charge in [0.05, 0.1) is 67.0 Å². The van der Waals surface area contributed by atoms with E-state index in [1.54, 1.807) is 41.1 Å². The highest BCUT2D eigenvalue weighted by Crippen LogP contribution is 2.56. The fourth-order valence-corrected chi connectivity index (χ4v) is 15.1. The summed E-state index contributed by atoms with van der Waals surface area (Å²) in [6, 6.07) is 9.13. The summed E-state index contributed by atoms with van der Waals surface area (Å²) in [4.78, 5) is 54.3. The number of Topliss-reactive ketones (excluding diaryl/α,β-unsaturated/α-hetero) is 2. The van der Waals surface area contributed by atoms with Gasteiger partial charge in [-0.3, -0.25) is 14.4 Å². The number of hydrogen-bond acceptors (Lipinski definition) is 25. The average molecular weight is 1280 g/mol. The summed E-state index contributed by atoms with van der Waals surface area (Å²) in [5.74, 6) is -2.59. The van der Waals surface area contributed by atoms with Crippen LogP contribution in [-0.4, -0.2) is 235 Å². The fourth-order valence-electron chi connectivity index (χ4n) is 15.1. The van der Waals surface area contributed by atoms with Crippen LogP contribution in [0.5, 0.6) is 0 Å². The van der Waals surface area contributed by atoms with Gasteiger partial charge < -0.3 is 102 Å². The smallest absolute Gasteiger partial charge is 0.331 e. The summed E-state index contributed by atoms with van der Waals surface area (Å²) in [6.45, 7) is 12.9. The van der Waals surface area contributed by atoms with Crippen molar-refractivity contribution in [2.24, 2.45) is 16.7 Å². The summed E-state index contributed by atoms with van der Waals surface area (Å²) in [5, 5.41) is 65.0. The van der Waals surface area contributed by atoms with Gasteiger partial charge in [0, 0.05) is 78.8 Å². The van der Waals surface area contributed by atoms with Crippen LogP contribution >= 0.6 is 0 Å². The third-order valence-electron chi connectivity index (χ3n) is 20.5. The monoisotopic (exact) mass is 1280 g/mol. The molecule has 1 aromatic carbocycles. The molecule has 0 spiro atoms. The largest absolute Gasteiger partial charge is 0.460 e. The normalized spacial score (nSPS) is 44.1. The minimum absolute atomic E-state index is 0.0411. The van der Waals surface area contributed by atoms with E-state index in [1.807, 2.05) is 57.2 Å². The van der Waals surface area contributed by atoms with Crippen LogP contribution in [0, 0.1) is 16.7 Å². The van der Waals surface area contributed by atoms with Crippen LogP contribution < -0.4 is 0 Å². The van der Waals surface area contributed by atoms with Gasteiger partial charge in [-0.15, -0.1) is 0 Å². The van der Waals surface area contributed by atoms with Crippen LogP contribution in [0.2, 0.25) is 0 Å². The number of allylic oxidation sites excluding steroid dienone is 1. The molecule has 0 amide bonds. The first-order chi connectivity index (χ1) is 42.7. The van der Waals surface area contributed by atoms with Gasteiger partial charge in [0.25, 0.3) is 0 Å². The van der Waals surface area contributed by atoms with Crippen molar-refractivity contribution in [3.63, 3.8) is 0 Å². The molecule has 2 saturated carbocycles. The molecule has 0 aromatic heterocycles. The van der Waals surface area contributed by atoms with Crippen LogP contribution in [0.25, 0.3) is 6.08 Å². The molecule has 8 aliphatic rings. The molecule has 25 heteroatoms. The molecule has 28 unspecified atom stereocenters. The summed E-state index contributed by atoms with van der Waals surface area (Å²) >= 11 is 0. The zero-order valence-corrected chi connectivity index (χ0v) is 53.5. The highest BCUT2D eigenvalue weighted by atomic mass is 16.8. The predicted molar refractivity (Wildman–Crippen MR) is 314 cm³/mol. The summed E-state index contributed by atoms with van der Waals surface area (Å²) in [6.07, 6.45) is -14.1. The standard InChI is InChI=1S/C65H96O25/c1-32-58(87-52-28-44(76-9)59(33(2)80-52)88-53-29-45(77-10)60(34(3)81-53)89-54-30-46(78-11)61(35(4)82-54)90-62-57(74)56(73)55(72)47(31-66)85-62)43(69)27-51(79-32)84-40-21-23-63(7)39(25-40)18-19-42(68)41(63)26-49(86-50(71)20-17-38-15-13-12-14-16-38)64(8)48(70)22-24-65(64,75)36(5)83-37(6)67/h12-18,20,32-36,40-41,43-47,49,51-62,66,69,72-75H,19,21-31H2,1-11H3. The van der Waals surface area contributed by atoms with Crippen LogP contribution in [0.15, 0.2) is 48.1 Å². The van der Waals surface area contributed by atoms with Crippen LogP contribution in [-0.2, 0) is 90.2 Å². The lowest BCUT2D eigenvalue weighted by Crippen LogP contribution is -2.62. The van der Waals surface area contributed by atoms with Crippen molar-refractivity contribution < 1.29 is 121 Å². The van der Waals surface area contributed by atoms with E-state index in [4.69, 9.17) is 71.1 Å². The molecular formula is C65H96O25. The van der Waals surface area contributed by atoms with Gasteiger partial charge in [0.2, 0.25) is 0 Å². The molecule has 5 heterocycles. The number of aliphatic hydroxyl groups is 6. The van der Waals surface area contributed by atoms with E-state index in [9.17, 15) is 49.8 Å². The Labute approximate surface area is 526 Å². The Morgan fingerprint density at radius 1 is 0.689 bits per heavy atom. The second-order valence-corrected chi connectivity index (χ2v) is 26.1. The van der Waals surface area contributed by atoms with Gasteiger partial charge in [0.1, 0.15) is 78.2 Å². The molecule has 25 nitrogen and oxygen atoms in total. The maximum absolute atomic E-state index is 14.2. The SMILES string of the molecule is COC1CC(OC2C(O)CC(OC3CCC4(C)C(=CCC(=O)C4CC(OC(=O)C=Cc4ccccc4)C4(C)C(=O)CCC4(O)C(C)OC(C)=O)C3)OC2C)OC(C)C1OC1CC(OC)C(OC2CC(OC)C(OC3OC(CO)C(O)C(O)C3O)C(C)O2)C(C)O1. The molecule has 0 radical (unpaired) electrons. The number of esters is 2. The second-order valence-electron chi connectivity index (χ2n) is 26.1. The molecule has 1 aromatic rings. The van der Waals surface area contributed by atoms with Crippen LogP contribution in [0.1, 0.15) is 132 Å². The number of rotatable bonds is 22. The third-order valence-corrected chi connectivity index (χ3v) is 20.5. The molecule has 28 atom stereocenters. The minimum atomic E-state index is -1.92. The van der Waals surface area contributed by atoms with E-state index in [0.717, 1.165) is 11.1 Å². The van der Waals surface area contributed by atoms with Crippen LogP contribution in [0.4, 0.5) is 0 Å². The number of benzene rings is 1. The zero-order valence-electron chi connectivity index (χ0n) is 53.5. The first-order valence-corrected chi connectivity index (χ1v) is 31.8. The number of methoxy groups -OCH3 is 3. The van der Waals surface area contributed by atoms with Crippen molar-refractivity contribution in [2.75, 3.05) is 27.9 Å². The van der Waals surface area contributed by atoms with Crippen molar-refractivity contribution in [2.45, 2.75) is 279 Å². The van der Waals surface area contributed by atoms with E-state index in [2.05, 4.69) is 0 Å². The van der Waals surface area contributed by atoms with Gasteiger partial charge in [-0.2, -0.15) is 0 Å². The molecule has 506 valence electrons. The number of ketones is 2. The number of hydrogen-bond donors (Lipinski definition) is 6. The Morgan fingerprint density at radius 2 is 1.22 bits per heavy atom. The Hall–Kier alpha value is -3.78. The first kappa shape index (κ1) is 70.5. The Balaban J connectivity index is 0.767. The number of fused-ring (bicyclic) bond motifs is 1. The number of carbonyl (C=O) groups is 4. The summed E-state index contributed by atoms with van der Waals surface area (Å²) < 4.78 is 92.9. The summed E-state index contributed by atoms with van der Waals surface area (Å²) in [5.41, 5.74) is -2.69. The highest BCUT2D eigenvalue weighted by molar-refractivity contribution is 5.92. The van der Waals surface area contributed by atoms with E-state index < -0.39 is 182 Å². The predicted octanol–water partition coefficient (Wildman–Crippen LogP) is 3.43. The van der Waals surface area contributed by atoms with Crippen molar-refractivity contribution >= 4 is 29.6 Å². The molecule has 5 aliphatic heterocycles. The maximum atomic E-state index is 14.2. The van der Waals surface area contributed by atoms with Gasteiger partial charge in [-0.25, -0.2) is 4.79 Å². The van der Waals surface area contributed by atoms with Gasteiger partial charge in [-0.05, 0) is 90.7 Å². The lowest BCUT2D eigenvalue weighted by Gasteiger charge is -2.51. The maximum Gasteiger partial charge on any atom is 0.331 e. The minimum Gasteiger partial charge on any atom is -0.460 e. The third kappa shape index (κ3) is 15.0. The van der Waals surface area contributed by atoms with Gasteiger partial charge in [-0.1, -0.05) is 48.9 Å². The van der Waals surface area contributed by atoms with E-state index in [-0.39, 0.29) is 69.0 Å². The first-order valence-electron chi connectivity index (χ1n) is 31.8. The van der Waals surface area contributed by atoms with Crippen LogP contribution in [0.3, 0.4) is 0 Å². The van der Waals surface area contributed by atoms with Crippen molar-refractivity contribution in [3.8, 4) is 0 Å². The van der Waals surface area contributed by atoms with Crippen molar-refractivity contribution in [3.05, 3.63) is 53.6 Å².